The number of benzene rings is 1. The summed E-state index contributed by atoms with van der Waals surface area (Å²) in [5.41, 5.74) is 1.95. The highest BCUT2D eigenvalue weighted by molar-refractivity contribution is 6.18. The first-order chi connectivity index (χ1) is 11.7. The van der Waals surface area contributed by atoms with Gasteiger partial charge in [-0.05, 0) is 36.4 Å². The summed E-state index contributed by atoms with van der Waals surface area (Å²) in [6.07, 6.45) is 3.60. The molecule has 1 aromatic carbocycles. The van der Waals surface area contributed by atoms with Gasteiger partial charge >= 0.3 is 0 Å². The first kappa shape index (κ1) is 14.8. The molecule has 0 aliphatic carbocycles. The van der Waals surface area contributed by atoms with Crippen LogP contribution in [0.4, 0.5) is 0 Å². The molecule has 0 saturated heterocycles. The first-order valence-electron chi connectivity index (χ1n) is 7.44. The Morgan fingerprint density at radius 2 is 2.12 bits per heavy atom. The molecular formula is C18H13ClN2O3. The summed E-state index contributed by atoms with van der Waals surface area (Å²) in [4.78, 5) is 16.8. The molecule has 0 bridgehead atoms. The van der Waals surface area contributed by atoms with Crippen LogP contribution in [0.5, 0.6) is 5.75 Å². The van der Waals surface area contributed by atoms with Crippen LogP contribution in [0.1, 0.15) is 0 Å². The van der Waals surface area contributed by atoms with Crippen molar-refractivity contribution < 1.29 is 9.15 Å². The highest BCUT2D eigenvalue weighted by Crippen LogP contribution is 2.24. The molecular weight excluding hydrogens is 328 g/mol. The van der Waals surface area contributed by atoms with Crippen molar-refractivity contribution >= 4 is 28.1 Å². The summed E-state index contributed by atoms with van der Waals surface area (Å²) in [6, 6.07) is 12.4. The Balaban J connectivity index is 1.80. The van der Waals surface area contributed by atoms with E-state index in [4.69, 9.17) is 20.8 Å². The van der Waals surface area contributed by atoms with Gasteiger partial charge in [-0.2, -0.15) is 0 Å². The molecule has 0 saturated carbocycles. The lowest BCUT2D eigenvalue weighted by atomic mass is 10.2. The molecule has 0 atom stereocenters. The summed E-state index contributed by atoms with van der Waals surface area (Å²) >= 11 is 5.61. The number of nitrogens with zero attached hydrogens (tertiary/aromatic N) is 2. The van der Waals surface area contributed by atoms with Gasteiger partial charge in [0.2, 0.25) is 0 Å². The SMILES string of the molecule is O=c1cc(-c2cc3cccn3cn2)oc2ccc(OCCCl)cc12. The third-order valence-corrected chi connectivity index (χ3v) is 3.87. The van der Waals surface area contributed by atoms with Crippen LogP contribution in [-0.2, 0) is 0 Å². The van der Waals surface area contributed by atoms with Gasteiger partial charge in [-0.3, -0.25) is 4.79 Å². The van der Waals surface area contributed by atoms with Gasteiger partial charge in [0.25, 0.3) is 0 Å². The van der Waals surface area contributed by atoms with Gasteiger partial charge in [-0.1, -0.05) is 0 Å². The Morgan fingerprint density at radius 1 is 1.21 bits per heavy atom. The van der Waals surface area contributed by atoms with E-state index >= 15 is 0 Å². The molecule has 4 rings (SSSR count). The van der Waals surface area contributed by atoms with Crippen LogP contribution in [0.25, 0.3) is 27.9 Å². The number of alkyl halides is 1. The second-order valence-electron chi connectivity index (χ2n) is 5.28. The first-order valence-corrected chi connectivity index (χ1v) is 7.98. The van der Waals surface area contributed by atoms with E-state index in [1.807, 2.05) is 28.8 Å². The standard InChI is InChI=1S/C18H13ClN2O3/c19-5-7-23-13-3-4-17-14(9-13)16(22)10-18(24-17)15-8-12-2-1-6-21(12)11-20-15/h1-4,6,8-11H,5,7H2. The molecule has 0 N–H and O–H groups in total. The number of hydrogen-bond acceptors (Lipinski definition) is 4. The molecule has 5 nitrogen and oxygen atoms in total. The predicted molar refractivity (Wildman–Crippen MR) is 92.9 cm³/mol. The topological polar surface area (TPSA) is 56.7 Å². The lowest BCUT2D eigenvalue weighted by molar-refractivity contribution is 0.343. The molecule has 24 heavy (non-hydrogen) atoms. The van der Waals surface area contributed by atoms with Crippen LogP contribution in [0.2, 0.25) is 0 Å². The predicted octanol–water partition coefficient (Wildman–Crippen LogP) is 3.73. The number of aromatic nitrogens is 2. The minimum absolute atomic E-state index is 0.139. The number of fused-ring (bicyclic) bond motifs is 2. The lowest BCUT2D eigenvalue weighted by Gasteiger charge is -2.06. The average Bonchev–Trinajstić information content (AvgIpc) is 3.07. The van der Waals surface area contributed by atoms with Crippen molar-refractivity contribution in [2.24, 2.45) is 0 Å². The maximum absolute atomic E-state index is 12.4. The third kappa shape index (κ3) is 2.63. The number of rotatable bonds is 4. The zero-order valence-electron chi connectivity index (χ0n) is 12.6. The Morgan fingerprint density at radius 3 is 3.00 bits per heavy atom. The smallest absolute Gasteiger partial charge is 0.193 e. The van der Waals surface area contributed by atoms with Gasteiger partial charge in [-0.15, -0.1) is 11.6 Å². The summed E-state index contributed by atoms with van der Waals surface area (Å²) in [6.45, 7) is 0.387. The minimum Gasteiger partial charge on any atom is -0.492 e. The van der Waals surface area contributed by atoms with E-state index in [1.54, 1.807) is 24.5 Å². The molecule has 0 fully saturated rings. The largest absolute Gasteiger partial charge is 0.492 e. The highest BCUT2D eigenvalue weighted by atomic mass is 35.5. The van der Waals surface area contributed by atoms with Crippen molar-refractivity contribution in [1.29, 1.82) is 0 Å². The minimum atomic E-state index is -0.139. The molecule has 0 unspecified atom stereocenters. The summed E-state index contributed by atoms with van der Waals surface area (Å²) in [5, 5.41) is 0.467. The van der Waals surface area contributed by atoms with Crippen molar-refractivity contribution in [2.45, 2.75) is 0 Å². The van der Waals surface area contributed by atoms with Crippen LogP contribution in [-0.4, -0.2) is 21.9 Å². The van der Waals surface area contributed by atoms with Gasteiger partial charge in [0, 0.05) is 17.8 Å². The second-order valence-corrected chi connectivity index (χ2v) is 5.66. The van der Waals surface area contributed by atoms with Gasteiger partial charge in [0.05, 0.1) is 17.6 Å². The number of halogens is 1. The Kier molecular flexibility index (Phi) is 3.70. The maximum Gasteiger partial charge on any atom is 0.193 e. The fourth-order valence-corrected chi connectivity index (χ4v) is 2.66. The van der Waals surface area contributed by atoms with Crippen LogP contribution < -0.4 is 10.2 Å². The van der Waals surface area contributed by atoms with Crippen molar-refractivity contribution in [1.82, 2.24) is 9.38 Å². The van der Waals surface area contributed by atoms with E-state index in [0.29, 0.717) is 40.7 Å². The van der Waals surface area contributed by atoms with Crippen LogP contribution in [0.15, 0.2) is 64.2 Å². The fourth-order valence-electron chi connectivity index (χ4n) is 2.58. The van der Waals surface area contributed by atoms with Crippen molar-refractivity contribution in [3.8, 4) is 17.2 Å². The molecule has 3 aromatic heterocycles. The molecule has 0 amide bonds. The highest BCUT2D eigenvalue weighted by Gasteiger charge is 2.10. The Bertz CT molecular complexity index is 1080. The molecule has 0 spiro atoms. The summed E-state index contributed by atoms with van der Waals surface area (Å²) < 4.78 is 13.2. The third-order valence-electron chi connectivity index (χ3n) is 3.71. The van der Waals surface area contributed by atoms with Crippen molar-refractivity contribution in [3.63, 3.8) is 0 Å². The van der Waals surface area contributed by atoms with E-state index in [2.05, 4.69) is 4.98 Å². The molecule has 3 heterocycles. The van der Waals surface area contributed by atoms with E-state index < -0.39 is 0 Å². The van der Waals surface area contributed by atoms with E-state index in [1.165, 1.54) is 6.07 Å². The molecule has 120 valence electrons. The van der Waals surface area contributed by atoms with Crippen LogP contribution >= 0.6 is 11.6 Å². The average molecular weight is 341 g/mol. The Hall–Kier alpha value is -2.79. The van der Waals surface area contributed by atoms with Crippen LogP contribution in [0.3, 0.4) is 0 Å². The monoisotopic (exact) mass is 340 g/mol. The lowest BCUT2D eigenvalue weighted by Crippen LogP contribution is -2.03. The van der Waals surface area contributed by atoms with E-state index in [-0.39, 0.29) is 5.43 Å². The molecule has 0 radical (unpaired) electrons. The van der Waals surface area contributed by atoms with Crippen LogP contribution in [0, 0.1) is 0 Å². The zero-order chi connectivity index (χ0) is 16.5. The Labute approximate surface area is 142 Å². The van der Waals surface area contributed by atoms with Crippen molar-refractivity contribution in [2.75, 3.05) is 12.5 Å². The van der Waals surface area contributed by atoms with Gasteiger partial charge in [0.15, 0.2) is 11.2 Å². The second kappa shape index (κ2) is 6.02. The molecule has 0 aliphatic heterocycles. The summed E-state index contributed by atoms with van der Waals surface area (Å²) in [7, 11) is 0. The fraction of sp³-hybridized carbons (Fsp3) is 0.111. The van der Waals surface area contributed by atoms with E-state index in [0.717, 1.165) is 5.52 Å². The number of hydrogen-bond donors (Lipinski definition) is 0. The molecule has 6 heteroatoms. The van der Waals surface area contributed by atoms with Gasteiger partial charge in [-0.25, -0.2) is 4.98 Å². The maximum atomic E-state index is 12.4. The van der Waals surface area contributed by atoms with E-state index in [9.17, 15) is 4.79 Å². The molecule has 4 aromatic rings. The normalized spacial score (nSPS) is 11.2. The van der Waals surface area contributed by atoms with Crippen molar-refractivity contribution in [3.05, 3.63) is 65.2 Å². The zero-order valence-corrected chi connectivity index (χ0v) is 13.4. The quantitative estimate of drug-likeness (QED) is 0.531. The molecule has 0 aliphatic rings. The van der Waals surface area contributed by atoms with Gasteiger partial charge in [0.1, 0.15) is 23.6 Å². The number of ether oxygens (including phenoxy) is 1. The van der Waals surface area contributed by atoms with Gasteiger partial charge < -0.3 is 13.6 Å². The summed E-state index contributed by atoms with van der Waals surface area (Å²) in [5.74, 6) is 1.42.